The number of halogens is 6. The number of hydroxylamine groups is 2. The summed E-state index contributed by atoms with van der Waals surface area (Å²) in [6, 6.07) is 9.43. The van der Waals surface area contributed by atoms with Crippen LogP contribution in [0.1, 0.15) is 24.0 Å². The Morgan fingerprint density at radius 2 is 1.68 bits per heavy atom. The average molecular weight is 542 g/mol. The highest BCUT2D eigenvalue weighted by Crippen LogP contribution is 2.52. The van der Waals surface area contributed by atoms with Crippen molar-refractivity contribution < 1.29 is 36.5 Å². The van der Waals surface area contributed by atoms with E-state index in [2.05, 4.69) is 0 Å². The summed E-state index contributed by atoms with van der Waals surface area (Å²) in [6.07, 6.45) is -3.38. The molecule has 196 valence electrons. The van der Waals surface area contributed by atoms with Gasteiger partial charge in [0.2, 0.25) is 5.75 Å². The van der Waals surface area contributed by atoms with Gasteiger partial charge in [0.05, 0.1) is 14.2 Å². The summed E-state index contributed by atoms with van der Waals surface area (Å²) < 4.78 is 80.7. The van der Waals surface area contributed by atoms with Gasteiger partial charge in [-0.2, -0.15) is 13.2 Å². The predicted molar refractivity (Wildman–Crippen MR) is 129 cm³/mol. The first-order chi connectivity index (χ1) is 17.2. The van der Waals surface area contributed by atoms with E-state index >= 15 is 0 Å². The van der Waals surface area contributed by atoms with Crippen LogP contribution in [0.3, 0.4) is 0 Å². The molecular weight excluding hydrogens is 521 g/mol. The summed E-state index contributed by atoms with van der Waals surface area (Å²) in [5.74, 6) is -4.13. The van der Waals surface area contributed by atoms with Crippen molar-refractivity contribution in [3.05, 3.63) is 94.0 Å². The zero-order valence-electron chi connectivity index (χ0n) is 19.7. The van der Waals surface area contributed by atoms with E-state index in [1.807, 2.05) is 0 Å². The number of fused-ring (bicyclic) bond motifs is 1. The maximum absolute atomic E-state index is 14.8. The average Bonchev–Trinajstić information content (AvgIpc) is 2.83. The van der Waals surface area contributed by atoms with Gasteiger partial charge in [-0.3, -0.25) is 4.65 Å². The van der Waals surface area contributed by atoms with Gasteiger partial charge in [-0.15, -0.1) is 0 Å². The fourth-order valence-corrected chi connectivity index (χ4v) is 4.67. The van der Waals surface area contributed by atoms with Crippen molar-refractivity contribution in [3.63, 3.8) is 0 Å². The molecule has 5 nitrogen and oxygen atoms in total. The lowest BCUT2D eigenvalue weighted by Crippen LogP contribution is -2.47. The van der Waals surface area contributed by atoms with Crippen LogP contribution < -0.4 is 14.1 Å². The molecule has 3 aromatic rings. The van der Waals surface area contributed by atoms with Crippen LogP contribution in [-0.2, 0) is 5.60 Å². The third kappa shape index (κ3) is 4.54. The van der Waals surface area contributed by atoms with Crippen LogP contribution in [0, 0.1) is 16.8 Å². The second-order valence-corrected chi connectivity index (χ2v) is 9.18. The van der Waals surface area contributed by atoms with Gasteiger partial charge >= 0.3 is 6.18 Å². The lowest BCUT2D eigenvalue weighted by molar-refractivity contribution is -0.274. The molecule has 0 bridgehead atoms. The Morgan fingerprint density at radius 1 is 1.03 bits per heavy atom. The van der Waals surface area contributed by atoms with E-state index < -0.39 is 51.0 Å². The van der Waals surface area contributed by atoms with Crippen LogP contribution in [0.25, 0.3) is 11.1 Å². The molecule has 0 aromatic heterocycles. The minimum atomic E-state index is -5.29. The van der Waals surface area contributed by atoms with Crippen molar-refractivity contribution in [2.75, 3.05) is 14.2 Å². The van der Waals surface area contributed by atoms with Crippen molar-refractivity contribution in [3.8, 4) is 22.6 Å². The third-order valence-corrected chi connectivity index (χ3v) is 6.81. The molecule has 1 aliphatic heterocycles. The van der Waals surface area contributed by atoms with Gasteiger partial charge in [-0.25, -0.2) is 8.78 Å². The Hall–Kier alpha value is -3.18. The molecule has 1 aliphatic rings. The van der Waals surface area contributed by atoms with Gasteiger partial charge in [-0.05, 0) is 41.0 Å². The first kappa shape index (κ1) is 26.9. The first-order valence-corrected chi connectivity index (χ1v) is 11.3. The van der Waals surface area contributed by atoms with Crippen LogP contribution in [0.2, 0.25) is 5.02 Å². The summed E-state index contributed by atoms with van der Waals surface area (Å²) in [7, 11) is 2.37. The molecule has 0 amide bonds. The number of ether oxygens (including phenoxy) is 2. The van der Waals surface area contributed by atoms with Crippen molar-refractivity contribution in [2.24, 2.45) is 0 Å². The molecule has 1 heterocycles. The van der Waals surface area contributed by atoms with E-state index in [1.54, 1.807) is 0 Å². The highest BCUT2D eigenvalue weighted by molar-refractivity contribution is 6.31. The number of benzene rings is 3. The standard InChI is InChI=1S/C26H21ClF5NO4/c1-14(18-6-4-15(10-19(18)27)16-5-7-20(28)23(11-16)36-3)25(34,26(30,31)32)17-12-21(29)24-22(13-17)33(2,35)8-9-37-24/h4-14,34H,1-3H3. The molecule has 0 radical (unpaired) electrons. The molecule has 0 saturated heterocycles. The topological polar surface area (TPSA) is 61.8 Å². The number of aliphatic hydroxyl groups is 1. The Morgan fingerprint density at radius 3 is 2.30 bits per heavy atom. The van der Waals surface area contributed by atoms with Gasteiger partial charge in [0.15, 0.2) is 28.7 Å². The molecular formula is C26H21ClF5NO4. The maximum Gasteiger partial charge on any atom is 0.422 e. The van der Waals surface area contributed by atoms with E-state index in [-0.39, 0.29) is 16.3 Å². The second kappa shape index (κ2) is 9.29. The molecule has 0 fully saturated rings. The number of methoxy groups -OCH3 is 1. The smallest absolute Gasteiger partial charge is 0.422 e. The van der Waals surface area contributed by atoms with E-state index in [9.17, 15) is 32.3 Å². The third-order valence-electron chi connectivity index (χ3n) is 6.48. The van der Waals surface area contributed by atoms with Gasteiger partial charge in [0.25, 0.3) is 0 Å². The minimum Gasteiger partial charge on any atom is -0.622 e. The molecule has 37 heavy (non-hydrogen) atoms. The van der Waals surface area contributed by atoms with Crippen LogP contribution in [-0.4, -0.2) is 25.4 Å². The van der Waals surface area contributed by atoms with Crippen LogP contribution in [0.5, 0.6) is 11.5 Å². The molecule has 11 heteroatoms. The molecule has 3 unspecified atom stereocenters. The Labute approximate surface area is 214 Å². The highest BCUT2D eigenvalue weighted by atomic mass is 35.5. The number of hydrogen-bond acceptors (Lipinski definition) is 4. The molecule has 0 aliphatic carbocycles. The number of quaternary nitrogens is 1. The van der Waals surface area contributed by atoms with E-state index in [1.165, 1.54) is 43.5 Å². The largest absolute Gasteiger partial charge is 0.622 e. The van der Waals surface area contributed by atoms with Gasteiger partial charge in [0, 0.05) is 22.6 Å². The lowest BCUT2D eigenvalue weighted by Gasteiger charge is -2.40. The second-order valence-electron chi connectivity index (χ2n) is 8.77. The van der Waals surface area contributed by atoms with E-state index in [0.717, 1.165) is 32.5 Å². The van der Waals surface area contributed by atoms with Crippen LogP contribution in [0.4, 0.5) is 27.6 Å². The molecule has 0 spiro atoms. The van der Waals surface area contributed by atoms with Crippen LogP contribution in [0.15, 0.2) is 61.0 Å². The van der Waals surface area contributed by atoms with Crippen LogP contribution >= 0.6 is 11.6 Å². The zero-order valence-corrected chi connectivity index (χ0v) is 20.5. The quantitative estimate of drug-likeness (QED) is 0.212. The Kier molecular flexibility index (Phi) is 6.74. The Bertz CT molecular complexity index is 1390. The fraction of sp³-hybridized carbons (Fsp3) is 0.231. The number of alkyl halides is 3. The minimum absolute atomic E-state index is 0.0328. The lowest BCUT2D eigenvalue weighted by atomic mass is 9.77. The first-order valence-electron chi connectivity index (χ1n) is 10.9. The van der Waals surface area contributed by atoms with Crippen molar-refractivity contribution in [2.45, 2.75) is 24.6 Å². The normalized spacial score (nSPS) is 19.5. The molecule has 1 N–H and O–H groups in total. The van der Waals surface area contributed by atoms with Crippen molar-refractivity contribution >= 4 is 17.3 Å². The monoisotopic (exact) mass is 541 g/mol. The highest BCUT2D eigenvalue weighted by Gasteiger charge is 2.59. The maximum atomic E-state index is 14.8. The number of rotatable bonds is 5. The SMILES string of the molecule is COc1cc(-c2ccc(C(C)C(O)(c3cc(F)c4c(c3)[N+](C)([O-])C=CO4)C(F)(F)F)c(Cl)c2)ccc1F. The molecule has 4 rings (SSSR count). The predicted octanol–water partition coefficient (Wildman–Crippen LogP) is 7.15. The van der Waals surface area contributed by atoms with E-state index in [4.69, 9.17) is 21.1 Å². The summed E-state index contributed by atoms with van der Waals surface area (Å²) in [6.45, 7) is 1.09. The molecule has 0 saturated carbocycles. The molecule has 3 aromatic carbocycles. The number of nitrogens with zero attached hydrogens (tertiary/aromatic N) is 1. The van der Waals surface area contributed by atoms with Crippen molar-refractivity contribution in [1.82, 2.24) is 4.65 Å². The summed E-state index contributed by atoms with van der Waals surface area (Å²) >= 11 is 6.37. The number of hydrogen-bond donors (Lipinski definition) is 1. The van der Waals surface area contributed by atoms with Gasteiger partial charge in [0.1, 0.15) is 12.5 Å². The van der Waals surface area contributed by atoms with Gasteiger partial charge in [-0.1, -0.05) is 36.7 Å². The summed E-state index contributed by atoms with van der Waals surface area (Å²) in [5, 5.41) is 23.8. The van der Waals surface area contributed by atoms with Gasteiger partial charge < -0.3 is 19.8 Å². The van der Waals surface area contributed by atoms with Crippen molar-refractivity contribution in [1.29, 1.82) is 0 Å². The zero-order chi connectivity index (χ0) is 27.3. The summed E-state index contributed by atoms with van der Waals surface area (Å²) in [4.78, 5) is 0. The Balaban J connectivity index is 1.82. The molecule has 3 atom stereocenters. The fourth-order valence-electron chi connectivity index (χ4n) is 4.32. The summed E-state index contributed by atoms with van der Waals surface area (Å²) in [5.41, 5.74) is -4.10. The van der Waals surface area contributed by atoms with E-state index in [0.29, 0.717) is 17.2 Å².